The van der Waals surface area contributed by atoms with Gasteiger partial charge in [-0.05, 0) is 5.57 Å². The molecular formula is C15H14F4N4O2S. The van der Waals surface area contributed by atoms with Crippen molar-refractivity contribution in [3.05, 3.63) is 28.0 Å². The second kappa shape index (κ2) is 6.02. The molecule has 1 fully saturated rings. The van der Waals surface area contributed by atoms with Crippen molar-refractivity contribution >= 4 is 22.2 Å². The fraction of sp³-hybridized carbons (Fsp3) is 0.533. The SMILES string of the molecule is COCc1nn2c(CN3CC(C4CC4(F)F)=CC3=O)c(C(F)F)nc2s1. The van der Waals surface area contributed by atoms with Crippen molar-refractivity contribution in [3.8, 4) is 0 Å². The average Bonchev–Trinajstić information content (AvgIpc) is 2.90. The Balaban J connectivity index is 1.60. The number of amides is 1. The molecule has 2 aliphatic rings. The lowest BCUT2D eigenvalue weighted by Gasteiger charge is -2.16. The number of halogens is 4. The molecule has 140 valence electrons. The molecule has 1 aliphatic carbocycles. The normalized spacial score (nSPS) is 21.9. The number of imidazole rings is 1. The number of nitrogens with zero attached hydrogens (tertiary/aromatic N) is 4. The van der Waals surface area contributed by atoms with Gasteiger partial charge in [-0.2, -0.15) is 5.10 Å². The van der Waals surface area contributed by atoms with Crippen molar-refractivity contribution < 1.29 is 27.1 Å². The van der Waals surface area contributed by atoms with E-state index >= 15 is 0 Å². The first kappa shape index (κ1) is 17.4. The summed E-state index contributed by atoms with van der Waals surface area (Å²) in [5.74, 6) is -4.17. The van der Waals surface area contributed by atoms with E-state index in [1.165, 1.54) is 22.6 Å². The highest BCUT2D eigenvalue weighted by atomic mass is 32.1. The number of alkyl halides is 4. The van der Waals surface area contributed by atoms with E-state index in [9.17, 15) is 22.4 Å². The molecule has 1 unspecified atom stereocenters. The Kier molecular flexibility index (Phi) is 4.03. The number of hydrogen-bond acceptors (Lipinski definition) is 5. The Bertz CT molecular complexity index is 907. The van der Waals surface area contributed by atoms with Gasteiger partial charge in [0.2, 0.25) is 10.9 Å². The quantitative estimate of drug-likeness (QED) is 0.712. The minimum Gasteiger partial charge on any atom is -0.377 e. The first-order chi connectivity index (χ1) is 12.3. The van der Waals surface area contributed by atoms with E-state index in [0.29, 0.717) is 10.6 Å². The Hall–Kier alpha value is -2.01. The van der Waals surface area contributed by atoms with Gasteiger partial charge in [0, 0.05) is 26.2 Å². The third kappa shape index (κ3) is 2.88. The summed E-state index contributed by atoms with van der Waals surface area (Å²) in [4.78, 5) is 17.6. The average molecular weight is 390 g/mol. The molecule has 3 heterocycles. The van der Waals surface area contributed by atoms with Crippen LogP contribution in [0.1, 0.15) is 29.2 Å². The molecule has 0 bridgehead atoms. The number of carbonyl (C=O) groups excluding carboxylic acids is 1. The van der Waals surface area contributed by atoms with E-state index in [-0.39, 0.29) is 36.8 Å². The van der Waals surface area contributed by atoms with E-state index in [2.05, 4.69) is 10.1 Å². The highest BCUT2D eigenvalue weighted by molar-refractivity contribution is 7.16. The highest BCUT2D eigenvalue weighted by Crippen LogP contribution is 2.53. The fourth-order valence-corrected chi connectivity index (χ4v) is 3.98. The summed E-state index contributed by atoms with van der Waals surface area (Å²) in [5, 5.41) is 4.76. The molecule has 4 rings (SSSR count). The number of aromatic nitrogens is 3. The fourth-order valence-electron chi connectivity index (χ4n) is 3.08. The predicted molar refractivity (Wildman–Crippen MR) is 83.1 cm³/mol. The van der Waals surface area contributed by atoms with E-state index in [1.807, 2.05) is 0 Å². The monoisotopic (exact) mass is 390 g/mol. The number of rotatable bonds is 6. The molecule has 6 nitrogen and oxygen atoms in total. The lowest BCUT2D eigenvalue weighted by molar-refractivity contribution is -0.125. The molecule has 0 aromatic carbocycles. The standard InChI is InChI=1S/C15H14F4N4O2S/c1-25-6-10-21-23-9(12(13(16)17)20-14(23)26-10)5-22-4-7(2-11(22)24)8-3-15(8,18)19/h2,8,13H,3-6H2,1H3. The van der Waals surface area contributed by atoms with Crippen LogP contribution in [0.2, 0.25) is 0 Å². The maximum absolute atomic E-state index is 13.3. The molecular weight excluding hydrogens is 376 g/mol. The molecule has 0 radical (unpaired) electrons. The lowest BCUT2D eigenvalue weighted by Crippen LogP contribution is -2.27. The van der Waals surface area contributed by atoms with Crippen molar-refractivity contribution in [2.75, 3.05) is 13.7 Å². The molecule has 0 N–H and O–H groups in total. The summed E-state index contributed by atoms with van der Waals surface area (Å²) in [6.45, 7) is 0.0424. The van der Waals surface area contributed by atoms with Gasteiger partial charge in [0.05, 0.1) is 24.8 Å². The molecule has 11 heteroatoms. The van der Waals surface area contributed by atoms with Gasteiger partial charge >= 0.3 is 0 Å². The van der Waals surface area contributed by atoms with Gasteiger partial charge in [-0.25, -0.2) is 27.1 Å². The molecule has 0 spiro atoms. The van der Waals surface area contributed by atoms with E-state index in [4.69, 9.17) is 4.74 Å². The number of hydrogen-bond donors (Lipinski definition) is 0. The van der Waals surface area contributed by atoms with Crippen molar-refractivity contribution in [3.63, 3.8) is 0 Å². The van der Waals surface area contributed by atoms with Gasteiger partial charge in [-0.1, -0.05) is 11.3 Å². The largest absolute Gasteiger partial charge is 0.377 e. The maximum Gasteiger partial charge on any atom is 0.282 e. The molecule has 26 heavy (non-hydrogen) atoms. The zero-order valence-electron chi connectivity index (χ0n) is 13.6. The van der Waals surface area contributed by atoms with Crippen LogP contribution in [0.4, 0.5) is 17.6 Å². The Morgan fingerprint density at radius 3 is 2.81 bits per heavy atom. The molecule has 2 aromatic rings. The first-order valence-electron chi connectivity index (χ1n) is 7.81. The third-order valence-corrected chi connectivity index (χ3v) is 5.33. The summed E-state index contributed by atoms with van der Waals surface area (Å²) >= 11 is 1.11. The topological polar surface area (TPSA) is 59.7 Å². The van der Waals surface area contributed by atoms with Crippen LogP contribution in [0.5, 0.6) is 0 Å². The zero-order valence-corrected chi connectivity index (χ0v) is 14.4. The van der Waals surface area contributed by atoms with Crippen LogP contribution in [0, 0.1) is 5.92 Å². The minimum atomic E-state index is -2.83. The van der Waals surface area contributed by atoms with Crippen LogP contribution in [-0.2, 0) is 22.7 Å². The summed E-state index contributed by atoms with van der Waals surface area (Å²) in [6, 6.07) is 0. The number of carbonyl (C=O) groups is 1. The van der Waals surface area contributed by atoms with Gasteiger partial charge < -0.3 is 9.64 Å². The predicted octanol–water partition coefficient (Wildman–Crippen LogP) is 2.80. The smallest absolute Gasteiger partial charge is 0.282 e. The van der Waals surface area contributed by atoms with Crippen LogP contribution in [0.15, 0.2) is 11.6 Å². The summed E-state index contributed by atoms with van der Waals surface area (Å²) < 4.78 is 59.4. The van der Waals surface area contributed by atoms with Gasteiger partial charge in [-0.3, -0.25) is 4.79 Å². The highest BCUT2D eigenvalue weighted by Gasteiger charge is 2.59. The summed E-state index contributed by atoms with van der Waals surface area (Å²) in [7, 11) is 1.49. The second-order valence-electron chi connectivity index (χ2n) is 6.30. The van der Waals surface area contributed by atoms with Gasteiger partial charge in [0.1, 0.15) is 10.7 Å². The second-order valence-corrected chi connectivity index (χ2v) is 7.34. The lowest BCUT2D eigenvalue weighted by atomic mass is 10.2. The molecule has 2 aromatic heterocycles. The van der Waals surface area contributed by atoms with Crippen LogP contribution >= 0.6 is 11.3 Å². The van der Waals surface area contributed by atoms with Crippen molar-refractivity contribution in [2.24, 2.45) is 5.92 Å². The Morgan fingerprint density at radius 2 is 2.19 bits per heavy atom. The number of fused-ring (bicyclic) bond motifs is 1. The minimum absolute atomic E-state index is 0.00403. The number of ether oxygens (including phenoxy) is 1. The van der Waals surface area contributed by atoms with E-state index in [0.717, 1.165) is 11.3 Å². The van der Waals surface area contributed by atoms with E-state index < -0.39 is 29.9 Å². The molecule has 1 atom stereocenters. The summed E-state index contributed by atoms with van der Waals surface area (Å²) in [5.41, 5.74) is -0.0254. The van der Waals surface area contributed by atoms with Crippen LogP contribution < -0.4 is 0 Å². The molecule has 1 amide bonds. The van der Waals surface area contributed by atoms with Crippen LogP contribution in [0.25, 0.3) is 4.96 Å². The molecule has 1 aliphatic heterocycles. The summed E-state index contributed by atoms with van der Waals surface area (Å²) in [6.07, 6.45) is -1.92. The van der Waals surface area contributed by atoms with Gasteiger partial charge in [-0.15, -0.1) is 0 Å². The van der Waals surface area contributed by atoms with Gasteiger partial charge in [0.25, 0.3) is 12.3 Å². The maximum atomic E-state index is 13.3. The third-order valence-electron chi connectivity index (χ3n) is 4.45. The Morgan fingerprint density at radius 1 is 1.46 bits per heavy atom. The molecule has 0 saturated heterocycles. The number of methoxy groups -OCH3 is 1. The first-order valence-corrected chi connectivity index (χ1v) is 8.63. The van der Waals surface area contributed by atoms with Crippen molar-refractivity contribution in [1.29, 1.82) is 0 Å². The van der Waals surface area contributed by atoms with Crippen LogP contribution in [0.3, 0.4) is 0 Å². The van der Waals surface area contributed by atoms with Crippen LogP contribution in [-0.4, -0.2) is 45.0 Å². The Labute approximate surface area is 149 Å². The van der Waals surface area contributed by atoms with Crippen molar-refractivity contribution in [2.45, 2.75) is 31.9 Å². The zero-order chi connectivity index (χ0) is 18.6. The van der Waals surface area contributed by atoms with Gasteiger partial charge in [0.15, 0.2) is 0 Å². The van der Waals surface area contributed by atoms with E-state index in [1.54, 1.807) is 0 Å². The van der Waals surface area contributed by atoms with Crippen molar-refractivity contribution in [1.82, 2.24) is 19.5 Å². The molecule has 1 saturated carbocycles.